The van der Waals surface area contributed by atoms with Crippen molar-refractivity contribution in [2.24, 2.45) is 0 Å². The minimum Gasteiger partial charge on any atom is -0.466 e. The Hall–Kier alpha value is -2.26. The molecule has 2 aromatic rings. The maximum atomic E-state index is 11.4. The Balaban J connectivity index is 2.02. The lowest BCUT2D eigenvalue weighted by molar-refractivity contribution is -0.142. The van der Waals surface area contributed by atoms with Gasteiger partial charge in [-0.1, -0.05) is 17.3 Å². The molecule has 0 saturated carbocycles. The van der Waals surface area contributed by atoms with E-state index in [1.165, 1.54) is 4.68 Å². The first-order valence-corrected chi connectivity index (χ1v) is 8.69. The maximum absolute atomic E-state index is 11.4. The summed E-state index contributed by atoms with van der Waals surface area (Å²) in [6.07, 6.45) is 2.75. The number of aromatic nitrogens is 3. The maximum Gasteiger partial charge on any atom is 0.310 e. The van der Waals surface area contributed by atoms with Gasteiger partial charge in [0.15, 0.2) is 0 Å². The third kappa shape index (κ3) is 5.46. The van der Waals surface area contributed by atoms with Crippen molar-refractivity contribution in [3.8, 4) is 5.69 Å². The lowest BCUT2D eigenvalue weighted by Gasteiger charge is -2.04. The highest BCUT2D eigenvalue weighted by Gasteiger charge is 2.08. The molecule has 1 heterocycles. The fourth-order valence-electron chi connectivity index (χ4n) is 1.80. The van der Waals surface area contributed by atoms with Crippen LogP contribution >= 0.6 is 0 Å². The highest BCUT2D eigenvalue weighted by molar-refractivity contribution is 7.85. The highest BCUT2D eigenvalue weighted by Crippen LogP contribution is 2.11. The van der Waals surface area contributed by atoms with Gasteiger partial charge in [0, 0.05) is 0 Å². The third-order valence-corrected chi connectivity index (χ3v) is 3.36. The van der Waals surface area contributed by atoms with E-state index in [0.717, 1.165) is 17.5 Å². The topological polar surface area (TPSA) is 100 Å². The smallest absolute Gasteiger partial charge is 0.310 e. The monoisotopic (exact) mass is 339 g/mol. The SMILES string of the molecule is CCOC(=O)Cc1ccc(-n2cc(COS(C)(=O)=O)nn2)cc1. The molecule has 0 bridgehead atoms. The van der Waals surface area contributed by atoms with Gasteiger partial charge in [-0.3, -0.25) is 8.98 Å². The van der Waals surface area contributed by atoms with Crippen LogP contribution < -0.4 is 0 Å². The van der Waals surface area contributed by atoms with Gasteiger partial charge in [-0.2, -0.15) is 8.42 Å². The molecule has 0 fully saturated rings. The number of benzene rings is 1. The van der Waals surface area contributed by atoms with Gasteiger partial charge >= 0.3 is 5.97 Å². The Morgan fingerprint density at radius 2 is 1.96 bits per heavy atom. The molecule has 1 aromatic heterocycles. The highest BCUT2D eigenvalue weighted by atomic mass is 32.2. The van der Waals surface area contributed by atoms with Crippen LogP contribution in [0.3, 0.4) is 0 Å². The predicted octanol–water partition coefficient (Wildman–Crippen LogP) is 0.849. The van der Waals surface area contributed by atoms with E-state index in [1.807, 2.05) is 0 Å². The first-order chi connectivity index (χ1) is 10.9. The molecular formula is C14H17N3O5S. The summed E-state index contributed by atoms with van der Waals surface area (Å²) in [7, 11) is -3.52. The van der Waals surface area contributed by atoms with Crippen LogP contribution in [-0.2, 0) is 36.9 Å². The van der Waals surface area contributed by atoms with E-state index in [9.17, 15) is 13.2 Å². The molecular weight excluding hydrogens is 322 g/mol. The van der Waals surface area contributed by atoms with Crippen molar-refractivity contribution in [1.82, 2.24) is 15.0 Å². The van der Waals surface area contributed by atoms with Gasteiger partial charge in [0.25, 0.3) is 10.1 Å². The molecule has 2 rings (SSSR count). The first-order valence-electron chi connectivity index (χ1n) is 6.88. The Kier molecular flexibility index (Phi) is 5.45. The van der Waals surface area contributed by atoms with Gasteiger partial charge in [0.2, 0.25) is 0 Å². The van der Waals surface area contributed by atoms with Gasteiger partial charge in [-0.25, -0.2) is 4.68 Å². The lowest BCUT2D eigenvalue weighted by atomic mass is 10.1. The molecule has 124 valence electrons. The van der Waals surface area contributed by atoms with Crippen LogP contribution in [0, 0.1) is 0 Å². The molecule has 0 radical (unpaired) electrons. The predicted molar refractivity (Wildman–Crippen MR) is 81.3 cm³/mol. The van der Waals surface area contributed by atoms with Crippen LogP contribution in [0.15, 0.2) is 30.5 Å². The van der Waals surface area contributed by atoms with Crippen molar-refractivity contribution in [3.63, 3.8) is 0 Å². The summed E-state index contributed by atoms with van der Waals surface area (Å²) in [6.45, 7) is 1.95. The number of carbonyl (C=O) groups is 1. The molecule has 23 heavy (non-hydrogen) atoms. The summed E-state index contributed by atoms with van der Waals surface area (Å²) in [5, 5.41) is 7.75. The second-order valence-electron chi connectivity index (χ2n) is 4.77. The van der Waals surface area contributed by atoms with Crippen molar-refractivity contribution in [2.75, 3.05) is 12.9 Å². The number of hydrogen-bond acceptors (Lipinski definition) is 7. The van der Waals surface area contributed by atoms with Crippen molar-refractivity contribution in [1.29, 1.82) is 0 Å². The van der Waals surface area contributed by atoms with Gasteiger partial charge in [-0.05, 0) is 24.6 Å². The van der Waals surface area contributed by atoms with Crippen LogP contribution in [-0.4, -0.2) is 42.2 Å². The quantitative estimate of drug-likeness (QED) is 0.544. The molecule has 0 N–H and O–H groups in total. The molecule has 0 atom stereocenters. The van der Waals surface area contributed by atoms with E-state index in [4.69, 9.17) is 4.74 Å². The minimum atomic E-state index is -3.52. The summed E-state index contributed by atoms with van der Waals surface area (Å²) in [6, 6.07) is 7.15. The lowest BCUT2D eigenvalue weighted by Crippen LogP contribution is -2.07. The van der Waals surface area contributed by atoms with E-state index in [2.05, 4.69) is 14.5 Å². The molecule has 0 aliphatic rings. The Labute approximate surface area is 134 Å². The van der Waals surface area contributed by atoms with E-state index < -0.39 is 10.1 Å². The fourth-order valence-corrected chi connectivity index (χ4v) is 2.14. The number of carbonyl (C=O) groups excluding carboxylic acids is 1. The standard InChI is InChI=1S/C14H17N3O5S/c1-3-21-14(18)8-11-4-6-13(7-5-11)17-9-12(15-16-17)10-22-23(2,19)20/h4-7,9H,3,8,10H2,1-2H3. The Morgan fingerprint density at radius 1 is 1.26 bits per heavy atom. The second-order valence-corrected chi connectivity index (χ2v) is 6.41. The fraction of sp³-hybridized carbons (Fsp3) is 0.357. The molecule has 8 nitrogen and oxygen atoms in total. The molecule has 9 heteroatoms. The van der Waals surface area contributed by atoms with E-state index in [1.54, 1.807) is 37.4 Å². The zero-order valence-corrected chi connectivity index (χ0v) is 13.6. The zero-order valence-electron chi connectivity index (χ0n) is 12.8. The van der Waals surface area contributed by atoms with Gasteiger partial charge < -0.3 is 4.74 Å². The van der Waals surface area contributed by atoms with Crippen molar-refractivity contribution in [3.05, 3.63) is 41.7 Å². The molecule has 0 spiro atoms. The van der Waals surface area contributed by atoms with Crippen LogP contribution in [0.4, 0.5) is 0 Å². The normalized spacial score (nSPS) is 11.4. The minimum absolute atomic E-state index is 0.167. The number of ether oxygens (including phenoxy) is 1. The van der Waals surface area contributed by atoms with E-state index in [0.29, 0.717) is 12.3 Å². The van der Waals surface area contributed by atoms with Gasteiger partial charge in [0.05, 0.1) is 31.2 Å². The average Bonchev–Trinajstić information content (AvgIpc) is 2.94. The van der Waals surface area contributed by atoms with E-state index >= 15 is 0 Å². The number of nitrogens with zero attached hydrogens (tertiary/aromatic N) is 3. The van der Waals surface area contributed by atoms with Gasteiger partial charge in [0.1, 0.15) is 12.3 Å². The summed E-state index contributed by atoms with van der Waals surface area (Å²) < 4.78 is 32.9. The zero-order chi connectivity index (χ0) is 16.9. The summed E-state index contributed by atoms with van der Waals surface area (Å²) in [4.78, 5) is 11.4. The van der Waals surface area contributed by atoms with Crippen LogP contribution in [0.25, 0.3) is 5.69 Å². The van der Waals surface area contributed by atoms with Crippen molar-refractivity contribution >= 4 is 16.1 Å². The summed E-state index contributed by atoms with van der Waals surface area (Å²) in [5.41, 5.74) is 1.95. The number of esters is 1. The third-order valence-electron chi connectivity index (χ3n) is 2.82. The first kappa shape index (κ1) is 17.1. The summed E-state index contributed by atoms with van der Waals surface area (Å²) in [5.74, 6) is -0.277. The Bertz CT molecular complexity index is 768. The van der Waals surface area contributed by atoms with Crippen LogP contribution in [0.5, 0.6) is 0 Å². The van der Waals surface area contributed by atoms with Crippen LogP contribution in [0.1, 0.15) is 18.2 Å². The molecule has 1 aromatic carbocycles. The van der Waals surface area contributed by atoms with Crippen molar-refractivity contribution < 1.29 is 22.1 Å². The molecule has 0 aliphatic heterocycles. The number of hydrogen-bond donors (Lipinski definition) is 0. The van der Waals surface area contributed by atoms with Crippen molar-refractivity contribution in [2.45, 2.75) is 20.0 Å². The second kappa shape index (κ2) is 7.34. The molecule has 0 saturated heterocycles. The molecule has 0 unspecified atom stereocenters. The molecule has 0 aliphatic carbocycles. The number of rotatable bonds is 7. The van der Waals surface area contributed by atoms with Gasteiger partial charge in [-0.15, -0.1) is 5.10 Å². The Morgan fingerprint density at radius 3 is 2.57 bits per heavy atom. The van der Waals surface area contributed by atoms with Crippen LogP contribution in [0.2, 0.25) is 0 Å². The largest absolute Gasteiger partial charge is 0.466 e. The average molecular weight is 339 g/mol. The summed E-state index contributed by atoms with van der Waals surface area (Å²) >= 11 is 0. The molecule has 0 amide bonds. The van der Waals surface area contributed by atoms with E-state index in [-0.39, 0.29) is 19.0 Å².